The molecule has 0 rings (SSSR count). The summed E-state index contributed by atoms with van der Waals surface area (Å²) in [6.07, 6.45) is 0.942. The largest absolute Gasteiger partial charge is 0.462 e. The third-order valence-corrected chi connectivity index (χ3v) is 1.48. The van der Waals surface area contributed by atoms with Crippen molar-refractivity contribution < 1.29 is 9.53 Å². The van der Waals surface area contributed by atoms with Crippen LogP contribution in [0.2, 0.25) is 6.04 Å². The lowest BCUT2D eigenvalue weighted by Gasteiger charge is -2.01. The van der Waals surface area contributed by atoms with Crippen LogP contribution < -0.4 is 0 Å². The molecule has 0 amide bonds. The normalized spacial score (nSPS) is 9.00. The number of ether oxygens (including phenoxy) is 1. The standard InChI is InChI=1S/C7H13O2Si/c1-6(2)7(8)9-4-3-5-10/h1,3-5,10H2,2H3. The van der Waals surface area contributed by atoms with Crippen LogP contribution in [-0.2, 0) is 9.53 Å². The summed E-state index contributed by atoms with van der Waals surface area (Å²) in [6.45, 7) is 5.63. The van der Waals surface area contributed by atoms with Crippen LogP contribution in [0.15, 0.2) is 12.2 Å². The Labute approximate surface area is 64.7 Å². The highest BCUT2D eigenvalue weighted by Gasteiger charge is 2.00. The van der Waals surface area contributed by atoms with E-state index in [1.54, 1.807) is 6.92 Å². The number of esters is 1. The molecule has 0 aromatic rings. The molecule has 0 aliphatic heterocycles. The molecule has 0 spiro atoms. The van der Waals surface area contributed by atoms with E-state index in [9.17, 15) is 4.79 Å². The molecule has 2 nitrogen and oxygen atoms in total. The van der Waals surface area contributed by atoms with Gasteiger partial charge in [0, 0.05) is 15.8 Å². The second-order valence-corrected chi connectivity index (χ2v) is 2.83. The molecule has 0 N–H and O–H groups in total. The van der Waals surface area contributed by atoms with Gasteiger partial charge in [0.1, 0.15) is 0 Å². The van der Waals surface area contributed by atoms with Crippen LogP contribution in [0.1, 0.15) is 13.3 Å². The van der Waals surface area contributed by atoms with Crippen LogP contribution in [0.3, 0.4) is 0 Å². The molecule has 0 fully saturated rings. The van der Waals surface area contributed by atoms with Gasteiger partial charge in [0.05, 0.1) is 6.61 Å². The molecule has 57 valence electrons. The zero-order chi connectivity index (χ0) is 7.98. The molecule has 0 aromatic heterocycles. The molecule has 0 bridgehead atoms. The molecule has 0 heterocycles. The van der Waals surface area contributed by atoms with Gasteiger partial charge in [0.15, 0.2) is 0 Å². The van der Waals surface area contributed by atoms with E-state index in [1.807, 2.05) is 10.2 Å². The summed E-state index contributed by atoms with van der Waals surface area (Å²) >= 11 is 0. The molecule has 0 aliphatic rings. The van der Waals surface area contributed by atoms with Gasteiger partial charge >= 0.3 is 5.97 Å². The first-order valence-corrected chi connectivity index (χ1v) is 4.30. The van der Waals surface area contributed by atoms with Crippen LogP contribution in [0, 0.1) is 0 Å². The van der Waals surface area contributed by atoms with Gasteiger partial charge < -0.3 is 4.74 Å². The maximum atomic E-state index is 10.7. The van der Waals surface area contributed by atoms with E-state index >= 15 is 0 Å². The van der Waals surface area contributed by atoms with E-state index < -0.39 is 0 Å². The second-order valence-electron chi connectivity index (χ2n) is 2.12. The fourth-order valence-electron chi connectivity index (χ4n) is 0.390. The van der Waals surface area contributed by atoms with Crippen molar-refractivity contribution in [1.29, 1.82) is 0 Å². The minimum Gasteiger partial charge on any atom is -0.462 e. The van der Waals surface area contributed by atoms with E-state index in [-0.39, 0.29) is 5.97 Å². The lowest BCUT2D eigenvalue weighted by atomic mass is 10.4. The topological polar surface area (TPSA) is 26.3 Å². The number of rotatable bonds is 4. The highest BCUT2D eigenvalue weighted by Crippen LogP contribution is 1.93. The first-order chi connectivity index (χ1) is 4.68. The van der Waals surface area contributed by atoms with Gasteiger partial charge in [0.2, 0.25) is 0 Å². The number of carbonyl (C=O) groups excluding carboxylic acids is 1. The molecule has 1 radical (unpaired) electrons. The monoisotopic (exact) mass is 157 g/mol. The van der Waals surface area contributed by atoms with E-state index in [0.717, 1.165) is 12.5 Å². The Kier molecular flexibility index (Phi) is 4.93. The fourth-order valence-corrected chi connectivity index (χ4v) is 0.594. The predicted molar refractivity (Wildman–Crippen MR) is 43.7 cm³/mol. The molecule has 0 aromatic carbocycles. The van der Waals surface area contributed by atoms with Crippen molar-refractivity contribution in [2.24, 2.45) is 0 Å². The van der Waals surface area contributed by atoms with Crippen molar-refractivity contribution >= 4 is 16.2 Å². The van der Waals surface area contributed by atoms with Crippen molar-refractivity contribution in [3.63, 3.8) is 0 Å². The summed E-state index contributed by atoms with van der Waals surface area (Å²) in [6, 6.07) is 1.07. The number of hydrogen-bond acceptors (Lipinski definition) is 2. The van der Waals surface area contributed by atoms with E-state index in [1.165, 1.54) is 0 Å². The first-order valence-electron chi connectivity index (χ1n) is 3.30. The van der Waals surface area contributed by atoms with Gasteiger partial charge in [-0.2, -0.15) is 0 Å². The quantitative estimate of drug-likeness (QED) is 0.258. The Hall–Kier alpha value is -0.573. The van der Waals surface area contributed by atoms with E-state index in [0.29, 0.717) is 12.2 Å². The maximum Gasteiger partial charge on any atom is 0.333 e. The summed E-state index contributed by atoms with van der Waals surface area (Å²) in [5, 5.41) is 0. The Morgan fingerprint density at radius 3 is 2.70 bits per heavy atom. The van der Waals surface area contributed by atoms with E-state index in [4.69, 9.17) is 4.74 Å². The Morgan fingerprint density at radius 1 is 1.70 bits per heavy atom. The van der Waals surface area contributed by atoms with Gasteiger partial charge in [0.25, 0.3) is 0 Å². The highest BCUT2D eigenvalue weighted by atomic mass is 28.1. The molecule has 0 unspecified atom stereocenters. The van der Waals surface area contributed by atoms with Crippen LogP contribution in [0.25, 0.3) is 0 Å². The zero-order valence-corrected chi connectivity index (χ0v) is 7.77. The highest BCUT2D eigenvalue weighted by molar-refractivity contribution is 6.08. The maximum absolute atomic E-state index is 10.7. The summed E-state index contributed by atoms with van der Waals surface area (Å²) < 4.78 is 4.81. The van der Waals surface area contributed by atoms with Crippen LogP contribution in [-0.4, -0.2) is 22.8 Å². The SMILES string of the molecule is C=C(C)C(=O)OCCC[SiH2]. The lowest BCUT2D eigenvalue weighted by molar-refractivity contribution is -0.138. The van der Waals surface area contributed by atoms with Gasteiger partial charge in [-0.25, -0.2) is 4.79 Å². The van der Waals surface area contributed by atoms with E-state index in [2.05, 4.69) is 6.58 Å². The second kappa shape index (κ2) is 5.23. The van der Waals surface area contributed by atoms with Gasteiger partial charge in [-0.1, -0.05) is 12.6 Å². The molecule has 0 atom stereocenters. The Balaban J connectivity index is 3.31. The minimum absolute atomic E-state index is 0.281. The summed E-state index contributed by atoms with van der Waals surface area (Å²) in [5.74, 6) is -0.281. The average Bonchev–Trinajstić information content (AvgIpc) is 1.88. The molecule has 0 saturated carbocycles. The van der Waals surface area contributed by atoms with Gasteiger partial charge in [-0.3, -0.25) is 0 Å². The molecule has 0 saturated heterocycles. The molecular formula is C7H13O2Si. The van der Waals surface area contributed by atoms with Crippen molar-refractivity contribution in [2.75, 3.05) is 6.61 Å². The van der Waals surface area contributed by atoms with Gasteiger partial charge in [-0.15, -0.1) is 0 Å². The predicted octanol–water partition coefficient (Wildman–Crippen LogP) is 0.547. The number of hydrogen-bond donors (Lipinski definition) is 0. The summed E-state index contributed by atoms with van der Waals surface area (Å²) in [7, 11) is 1.88. The smallest absolute Gasteiger partial charge is 0.333 e. The Bertz CT molecular complexity index is 132. The van der Waals surface area contributed by atoms with Crippen LogP contribution >= 0.6 is 0 Å². The first kappa shape index (κ1) is 9.43. The zero-order valence-electron chi connectivity index (χ0n) is 6.35. The molecule has 10 heavy (non-hydrogen) atoms. The molecule has 0 aliphatic carbocycles. The number of carbonyl (C=O) groups is 1. The van der Waals surface area contributed by atoms with Crippen molar-refractivity contribution in [2.45, 2.75) is 19.4 Å². The summed E-state index contributed by atoms with van der Waals surface area (Å²) in [4.78, 5) is 10.7. The third-order valence-electron chi connectivity index (χ3n) is 0.976. The minimum atomic E-state index is -0.281. The van der Waals surface area contributed by atoms with Gasteiger partial charge in [-0.05, 0) is 13.3 Å². The van der Waals surface area contributed by atoms with Crippen molar-refractivity contribution in [1.82, 2.24) is 0 Å². The van der Waals surface area contributed by atoms with Crippen LogP contribution in [0.4, 0.5) is 0 Å². The molecule has 3 heteroatoms. The Morgan fingerprint density at radius 2 is 2.30 bits per heavy atom. The lowest BCUT2D eigenvalue weighted by Crippen LogP contribution is -2.05. The molecular weight excluding hydrogens is 144 g/mol. The average molecular weight is 157 g/mol. The fraction of sp³-hybridized carbons (Fsp3) is 0.571. The van der Waals surface area contributed by atoms with Crippen LogP contribution in [0.5, 0.6) is 0 Å². The third kappa shape index (κ3) is 4.32. The summed E-state index contributed by atoms with van der Waals surface area (Å²) in [5.41, 5.74) is 0.471. The van der Waals surface area contributed by atoms with Crippen molar-refractivity contribution in [3.8, 4) is 0 Å². The van der Waals surface area contributed by atoms with Crippen molar-refractivity contribution in [3.05, 3.63) is 12.2 Å².